The van der Waals surface area contributed by atoms with E-state index in [0.717, 1.165) is 18.2 Å². The largest absolute Gasteiger partial charge is 0.310 e. The van der Waals surface area contributed by atoms with Crippen molar-refractivity contribution in [2.24, 2.45) is 0 Å². The Bertz CT molecular complexity index is 631. The molecule has 5 heteroatoms. The monoisotopic (exact) mass is 313 g/mol. The van der Waals surface area contributed by atoms with Gasteiger partial charge in [-0.25, -0.2) is 13.2 Å². The van der Waals surface area contributed by atoms with Gasteiger partial charge in [0.05, 0.1) is 5.02 Å². The van der Waals surface area contributed by atoms with E-state index in [2.05, 4.69) is 5.32 Å². The molecule has 2 aromatic rings. The molecule has 21 heavy (non-hydrogen) atoms. The van der Waals surface area contributed by atoms with Crippen LogP contribution in [0.4, 0.5) is 13.2 Å². The number of halogens is 4. The number of likely N-dealkylation sites (N-methyl/N-ethyl adjacent to an activating group) is 1. The molecule has 0 aliphatic rings. The van der Waals surface area contributed by atoms with Crippen LogP contribution in [-0.4, -0.2) is 6.54 Å². The molecule has 0 fully saturated rings. The maximum Gasteiger partial charge on any atom is 0.142 e. The SMILES string of the molecule is CCNC(Cc1cc(F)ccc1F)c1ccc(Cl)c(F)c1. The highest BCUT2D eigenvalue weighted by atomic mass is 35.5. The van der Waals surface area contributed by atoms with Crippen LogP contribution in [0, 0.1) is 17.5 Å². The first kappa shape index (κ1) is 15.9. The van der Waals surface area contributed by atoms with Crippen molar-refractivity contribution in [1.82, 2.24) is 5.32 Å². The van der Waals surface area contributed by atoms with Gasteiger partial charge in [0, 0.05) is 6.04 Å². The number of benzene rings is 2. The second kappa shape index (κ2) is 6.96. The van der Waals surface area contributed by atoms with Crippen LogP contribution in [0.25, 0.3) is 0 Å². The Morgan fingerprint density at radius 3 is 2.48 bits per heavy atom. The zero-order valence-corrected chi connectivity index (χ0v) is 12.2. The Labute approximate surface area is 126 Å². The van der Waals surface area contributed by atoms with Gasteiger partial charge in [0.15, 0.2) is 0 Å². The maximum absolute atomic E-state index is 13.7. The van der Waals surface area contributed by atoms with E-state index in [9.17, 15) is 13.2 Å². The Morgan fingerprint density at radius 2 is 1.81 bits per heavy atom. The van der Waals surface area contributed by atoms with E-state index >= 15 is 0 Å². The van der Waals surface area contributed by atoms with Crippen molar-refractivity contribution in [3.63, 3.8) is 0 Å². The Kier molecular flexibility index (Phi) is 5.26. The number of rotatable bonds is 5. The average molecular weight is 314 g/mol. The predicted molar refractivity (Wildman–Crippen MR) is 77.9 cm³/mol. The van der Waals surface area contributed by atoms with E-state index in [1.165, 1.54) is 12.1 Å². The van der Waals surface area contributed by atoms with Crippen molar-refractivity contribution in [3.8, 4) is 0 Å². The van der Waals surface area contributed by atoms with Gasteiger partial charge in [-0.05, 0) is 54.4 Å². The molecule has 0 bridgehead atoms. The Hall–Kier alpha value is -1.52. The van der Waals surface area contributed by atoms with Gasteiger partial charge >= 0.3 is 0 Å². The summed E-state index contributed by atoms with van der Waals surface area (Å²) in [6.45, 7) is 2.51. The second-order valence-corrected chi connectivity index (χ2v) is 5.13. The molecule has 0 aliphatic heterocycles. The van der Waals surface area contributed by atoms with Crippen molar-refractivity contribution >= 4 is 11.6 Å². The van der Waals surface area contributed by atoms with Gasteiger partial charge in [-0.3, -0.25) is 0 Å². The van der Waals surface area contributed by atoms with E-state index in [1.807, 2.05) is 6.92 Å². The van der Waals surface area contributed by atoms with Gasteiger partial charge in [-0.1, -0.05) is 24.6 Å². The number of hydrogen-bond donors (Lipinski definition) is 1. The maximum atomic E-state index is 13.7. The van der Waals surface area contributed by atoms with E-state index in [4.69, 9.17) is 11.6 Å². The Balaban J connectivity index is 2.30. The summed E-state index contributed by atoms with van der Waals surface area (Å²) in [4.78, 5) is 0. The van der Waals surface area contributed by atoms with Crippen molar-refractivity contribution in [2.45, 2.75) is 19.4 Å². The molecule has 0 spiro atoms. The topological polar surface area (TPSA) is 12.0 Å². The van der Waals surface area contributed by atoms with Gasteiger partial charge in [0.2, 0.25) is 0 Å². The Morgan fingerprint density at radius 1 is 1.05 bits per heavy atom. The molecule has 0 amide bonds. The molecule has 0 heterocycles. The molecule has 112 valence electrons. The molecule has 2 aromatic carbocycles. The standard InChI is InChI=1S/C16H15ClF3N/c1-2-21-16(10-3-5-13(17)15(20)8-10)9-11-7-12(18)4-6-14(11)19/h3-8,16,21H,2,9H2,1H3. The van der Waals surface area contributed by atoms with E-state index in [0.29, 0.717) is 12.1 Å². The predicted octanol–water partition coefficient (Wildman–Crippen LogP) is 4.65. The first-order valence-electron chi connectivity index (χ1n) is 6.63. The summed E-state index contributed by atoms with van der Waals surface area (Å²) in [6.07, 6.45) is 0.221. The minimum atomic E-state index is -0.531. The molecule has 1 nitrogen and oxygen atoms in total. The van der Waals surface area contributed by atoms with Crippen LogP contribution in [0.1, 0.15) is 24.1 Å². The summed E-state index contributed by atoms with van der Waals surface area (Å²) in [5.41, 5.74) is 0.888. The third kappa shape index (κ3) is 3.99. The fourth-order valence-corrected chi connectivity index (χ4v) is 2.32. The van der Waals surface area contributed by atoms with Crippen LogP contribution in [0.2, 0.25) is 5.02 Å². The second-order valence-electron chi connectivity index (χ2n) is 4.72. The highest BCUT2D eigenvalue weighted by Gasteiger charge is 2.16. The van der Waals surface area contributed by atoms with E-state index in [-0.39, 0.29) is 23.0 Å². The van der Waals surface area contributed by atoms with Crippen molar-refractivity contribution in [2.75, 3.05) is 6.54 Å². The van der Waals surface area contributed by atoms with Gasteiger partial charge in [-0.2, -0.15) is 0 Å². The molecule has 0 saturated heterocycles. The molecular weight excluding hydrogens is 299 g/mol. The smallest absolute Gasteiger partial charge is 0.142 e. The summed E-state index contributed by atoms with van der Waals surface area (Å²) in [6, 6.07) is 7.45. The molecule has 0 aromatic heterocycles. The van der Waals surface area contributed by atoms with Crippen LogP contribution >= 0.6 is 11.6 Å². The zero-order valence-electron chi connectivity index (χ0n) is 11.5. The van der Waals surface area contributed by atoms with Gasteiger partial charge in [-0.15, -0.1) is 0 Å². The third-order valence-electron chi connectivity index (χ3n) is 3.23. The molecule has 0 saturated carbocycles. The van der Waals surface area contributed by atoms with Gasteiger partial charge < -0.3 is 5.32 Å². The molecule has 2 rings (SSSR count). The minimum absolute atomic E-state index is 0.0333. The quantitative estimate of drug-likeness (QED) is 0.847. The summed E-state index contributed by atoms with van der Waals surface area (Å²) in [7, 11) is 0. The molecule has 1 N–H and O–H groups in total. The number of nitrogens with one attached hydrogen (secondary N) is 1. The van der Waals surface area contributed by atoms with Crippen LogP contribution in [0.3, 0.4) is 0 Å². The fraction of sp³-hybridized carbons (Fsp3) is 0.250. The molecule has 0 aliphatic carbocycles. The summed E-state index contributed by atoms with van der Waals surface area (Å²) in [5.74, 6) is -1.51. The first-order valence-corrected chi connectivity index (χ1v) is 7.01. The van der Waals surface area contributed by atoms with E-state index < -0.39 is 17.5 Å². The lowest BCUT2D eigenvalue weighted by molar-refractivity contribution is 0.518. The highest BCUT2D eigenvalue weighted by molar-refractivity contribution is 6.30. The average Bonchev–Trinajstić information content (AvgIpc) is 2.45. The van der Waals surface area contributed by atoms with Gasteiger partial charge in [0.25, 0.3) is 0 Å². The molecular formula is C16H15ClF3N. The van der Waals surface area contributed by atoms with Crippen LogP contribution < -0.4 is 5.32 Å². The zero-order chi connectivity index (χ0) is 15.4. The molecule has 0 radical (unpaired) electrons. The molecule has 1 atom stereocenters. The van der Waals surface area contributed by atoms with Crippen molar-refractivity contribution in [1.29, 1.82) is 0 Å². The van der Waals surface area contributed by atoms with Crippen LogP contribution in [0.5, 0.6) is 0 Å². The van der Waals surface area contributed by atoms with Crippen molar-refractivity contribution in [3.05, 3.63) is 70.0 Å². The normalized spacial score (nSPS) is 12.4. The van der Waals surface area contributed by atoms with Crippen molar-refractivity contribution < 1.29 is 13.2 Å². The van der Waals surface area contributed by atoms with Gasteiger partial charge in [0.1, 0.15) is 17.5 Å². The lowest BCUT2D eigenvalue weighted by Gasteiger charge is -2.19. The minimum Gasteiger partial charge on any atom is -0.310 e. The summed E-state index contributed by atoms with van der Waals surface area (Å²) >= 11 is 5.66. The first-order chi connectivity index (χ1) is 10.0. The lowest BCUT2D eigenvalue weighted by atomic mass is 9.98. The summed E-state index contributed by atoms with van der Waals surface area (Å²) in [5, 5.41) is 3.18. The summed E-state index contributed by atoms with van der Waals surface area (Å²) < 4.78 is 40.5. The fourth-order valence-electron chi connectivity index (χ4n) is 2.20. The lowest BCUT2D eigenvalue weighted by Crippen LogP contribution is -2.23. The number of hydrogen-bond acceptors (Lipinski definition) is 1. The van der Waals surface area contributed by atoms with Crippen LogP contribution in [-0.2, 0) is 6.42 Å². The van der Waals surface area contributed by atoms with Crippen LogP contribution in [0.15, 0.2) is 36.4 Å². The highest BCUT2D eigenvalue weighted by Crippen LogP contribution is 2.24. The molecule has 1 unspecified atom stereocenters. The third-order valence-corrected chi connectivity index (χ3v) is 3.53. The van der Waals surface area contributed by atoms with E-state index in [1.54, 1.807) is 6.07 Å².